The molecule has 3 nitrogen and oxygen atoms in total. The van der Waals surface area contributed by atoms with Crippen LogP contribution < -0.4 is 4.72 Å². The maximum atomic E-state index is 11.4. The van der Waals surface area contributed by atoms with E-state index in [2.05, 4.69) is 25.6 Å². The molecule has 14 heavy (non-hydrogen) atoms. The van der Waals surface area contributed by atoms with Gasteiger partial charge in [0.05, 0.1) is 11.4 Å². The van der Waals surface area contributed by atoms with Gasteiger partial charge in [-0.15, -0.1) is 0 Å². The number of aromatic nitrogens is 1. The Labute approximate surface area is 95.0 Å². The molecule has 0 spiro atoms. The molecule has 0 amide bonds. The molecule has 1 heterocycles. The molecule has 1 aromatic rings. The van der Waals surface area contributed by atoms with Crippen molar-refractivity contribution in [3.63, 3.8) is 0 Å². The van der Waals surface area contributed by atoms with Crippen molar-refractivity contribution in [1.82, 2.24) is 4.98 Å². The topological polar surface area (TPSA) is 42.0 Å². The van der Waals surface area contributed by atoms with Gasteiger partial charge in [0.2, 0.25) is 0 Å². The van der Waals surface area contributed by atoms with Crippen LogP contribution in [-0.2, 0) is 11.0 Å². The summed E-state index contributed by atoms with van der Waals surface area (Å²) >= 11 is 3.28. The zero-order valence-electron chi connectivity index (χ0n) is 8.21. The van der Waals surface area contributed by atoms with Gasteiger partial charge in [-0.1, -0.05) is 6.92 Å². The minimum atomic E-state index is -0.993. The van der Waals surface area contributed by atoms with Crippen LogP contribution in [0.15, 0.2) is 16.7 Å². The van der Waals surface area contributed by atoms with E-state index in [9.17, 15) is 4.21 Å². The Morgan fingerprint density at radius 3 is 2.86 bits per heavy atom. The van der Waals surface area contributed by atoms with Crippen LogP contribution in [0.3, 0.4) is 0 Å². The van der Waals surface area contributed by atoms with Gasteiger partial charge < -0.3 is 4.72 Å². The maximum Gasteiger partial charge on any atom is 0.117 e. The van der Waals surface area contributed by atoms with Gasteiger partial charge in [0.25, 0.3) is 0 Å². The van der Waals surface area contributed by atoms with Crippen molar-refractivity contribution in [2.24, 2.45) is 0 Å². The molecule has 0 aliphatic heterocycles. The summed E-state index contributed by atoms with van der Waals surface area (Å²) in [5.74, 6) is 0.662. The van der Waals surface area contributed by atoms with Crippen LogP contribution in [0.4, 0.5) is 5.69 Å². The van der Waals surface area contributed by atoms with Crippen LogP contribution in [0.1, 0.15) is 19.0 Å². The van der Waals surface area contributed by atoms with Crippen molar-refractivity contribution in [3.8, 4) is 0 Å². The van der Waals surface area contributed by atoms with Crippen molar-refractivity contribution >= 4 is 32.6 Å². The highest BCUT2D eigenvalue weighted by Gasteiger charge is 2.03. The Kier molecular flexibility index (Phi) is 4.54. The number of nitrogens with one attached hydrogen (secondary N) is 1. The van der Waals surface area contributed by atoms with Gasteiger partial charge in [0, 0.05) is 5.75 Å². The monoisotopic (exact) mass is 276 g/mol. The number of nitrogens with zero attached hydrogens (tertiary/aromatic N) is 1. The molecule has 1 rings (SSSR count). The highest BCUT2D eigenvalue weighted by molar-refractivity contribution is 9.10. The Hall–Kier alpha value is -0.420. The van der Waals surface area contributed by atoms with Crippen LogP contribution >= 0.6 is 15.9 Å². The van der Waals surface area contributed by atoms with E-state index in [-0.39, 0.29) is 0 Å². The van der Waals surface area contributed by atoms with E-state index in [0.29, 0.717) is 5.75 Å². The maximum absolute atomic E-state index is 11.4. The summed E-state index contributed by atoms with van der Waals surface area (Å²) in [5, 5.41) is 0. The molecular formula is C9H13BrN2OS. The van der Waals surface area contributed by atoms with E-state index in [1.165, 1.54) is 0 Å². The molecule has 0 aliphatic rings. The van der Waals surface area contributed by atoms with Gasteiger partial charge in [0.1, 0.15) is 15.6 Å². The second-order valence-electron chi connectivity index (χ2n) is 2.92. The molecule has 0 aliphatic carbocycles. The normalized spacial score (nSPS) is 12.5. The van der Waals surface area contributed by atoms with Crippen molar-refractivity contribution < 1.29 is 4.21 Å². The minimum Gasteiger partial charge on any atom is -0.303 e. The van der Waals surface area contributed by atoms with Gasteiger partial charge in [-0.05, 0) is 41.4 Å². The molecule has 78 valence electrons. The number of halogens is 1. The molecule has 1 unspecified atom stereocenters. The fourth-order valence-corrected chi connectivity index (χ4v) is 2.33. The Morgan fingerprint density at radius 1 is 1.57 bits per heavy atom. The van der Waals surface area contributed by atoms with Crippen LogP contribution in [0, 0.1) is 6.92 Å². The third-order valence-electron chi connectivity index (χ3n) is 1.67. The van der Waals surface area contributed by atoms with Crippen LogP contribution in [0.25, 0.3) is 0 Å². The van der Waals surface area contributed by atoms with Gasteiger partial charge in [0.15, 0.2) is 0 Å². The molecule has 5 heteroatoms. The minimum absolute atomic E-state index is 0.662. The van der Waals surface area contributed by atoms with Gasteiger partial charge in [-0.25, -0.2) is 9.19 Å². The van der Waals surface area contributed by atoms with Gasteiger partial charge in [-0.2, -0.15) is 0 Å². The largest absolute Gasteiger partial charge is 0.303 e. The lowest BCUT2D eigenvalue weighted by atomic mass is 10.3. The SMILES string of the molecule is CCCS(=O)Nc1ccc(Br)nc1C. The molecule has 1 atom stereocenters. The van der Waals surface area contributed by atoms with E-state index < -0.39 is 11.0 Å². The molecule has 0 bridgehead atoms. The van der Waals surface area contributed by atoms with Crippen LogP contribution in [0.5, 0.6) is 0 Å². The lowest BCUT2D eigenvalue weighted by Crippen LogP contribution is -2.09. The molecule has 0 saturated heterocycles. The first-order chi connectivity index (χ1) is 6.63. The summed E-state index contributed by atoms with van der Waals surface area (Å²) in [4.78, 5) is 4.21. The highest BCUT2D eigenvalue weighted by atomic mass is 79.9. The predicted octanol–water partition coefficient (Wildman–Crippen LogP) is 2.64. The zero-order valence-corrected chi connectivity index (χ0v) is 10.6. The van der Waals surface area contributed by atoms with E-state index >= 15 is 0 Å². The standard InChI is InChI=1S/C9H13BrN2OS/c1-3-6-14(13)12-8-4-5-9(10)11-7(8)2/h4-5,12H,3,6H2,1-2H3. The lowest BCUT2D eigenvalue weighted by molar-refractivity contribution is 0.685. The van der Waals surface area contributed by atoms with Gasteiger partial charge >= 0.3 is 0 Å². The summed E-state index contributed by atoms with van der Waals surface area (Å²) in [5.41, 5.74) is 1.68. The number of pyridine rings is 1. The number of aryl methyl sites for hydroxylation is 1. The molecule has 0 fully saturated rings. The van der Waals surface area contributed by atoms with E-state index in [4.69, 9.17) is 0 Å². The molecule has 1 N–H and O–H groups in total. The highest BCUT2D eigenvalue weighted by Crippen LogP contribution is 2.16. The van der Waals surface area contributed by atoms with Crippen molar-refractivity contribution in [3.05, 3.63) is 22.4 Å². The number of hydrogen-bond donors (Lipinski definition) is 1. The zero-order chi connectivity index (χ0) is 10.6. The third-order valence-corrected chi connectivity index (χ3v) is 3.33. The summed E-state index contributed by atoms with van der Waals surface area (Å²) in [6.07, 6.45) is 0.905. The Morgan fingerprint density at radius 2 is 2.29 bits per heavy atom. The Bertz CT molecular complexity index is 344. The molecular weight excluding hydrogens is 264 g/mol. The quantitative estimate of drug-likeness (QED) is 0.860. The average molecular weight is 277 g/mol. The second kappa shape index (κ2) is 5.46. The van der Waals surface area contributed by atoms with Crippen molar-refractivity contribution in [2.75, 3.05) is 10.5 Å². The summed E-state index contributed by atoms with van der Waals surface area (Å²) in [6, 6.07) is 3.71. The van der Waals surface area contributed by atoms with Crippen LogP contribution in [-0.4, -0.2) is 14.9 Å². The number of hydrogen-bond acceptors (Lipinski definition) is 2. The summed E-state index contributed by atoms with van der Waals surface area (Å²) < 4.78 is 15.1. The molecule has 0 radical (unpaired) electrons. The van der Waals surface area contributed by atoms with Crippen molar-refractivity contribution in [1.29, 1.82) is 0 Å². The van der Waals surface area contributed by atoms with E-state index in [1.54, 1.807) is 0 Å². The molecule has 0 saturated carbocycles. The molecule has 1 aromatic heterocycles. The lowest BCUT2D eigenvalue weighted by Gasteiger charge is -2.07. The summed E-state index contributed by atoms with van der Waals surface area (Å²) in [7, 11) is -0.993. The predicted molar refractivity (Wildman–Crippen MR) is 63.6 cm³/mol. The fraction of sp³-hybridized carbons (Fsp3) is 0.444. The average Bonchev–Trinajstić information content (AvgIpc) is 2.10. The van der Waals surface area contributed by atoms with E-state index in [0.717, 1.165) is 22.4 Å². The first-order valence-corrected chi connectivity index (χ1v) is 6.53. The fourth-order valence-electron chi connectivity index (χ4n) is 0.997. The Balaban J connectivity index is 2.72. The second-order valence-corrected chi connectivity index (χ2v) is 5.03. The van der Waals surface area contributed by atoms with Crippen molar-refractivity contribution in [2.45, 2.75) is 20.3 Å². The summed E-state index contributed by atoms with van der Waals surface area (Å²) in [6.45, 7) is 3.89. The first kappa shape index (κ1) is 11.7. The number of rotatable bonds is 4. The van der Waals surface area contributed by atoms with E-state index in [1.807, 2.05) is 26.0 Å². The third kappa shape index (κ3) is 3.38. The first-order valence-electron chi connectivity index (χ1n) is 4.41. The number of anilines is 1. The van der Waals surface area contributed by atoms with Gasteiger partial charge in [-0.3, -0.25) is 0 Å². The van der Waals surface area contributed by atoms with Crippen LogP contribution in [0.2, 0.25) is 0 Å². The smallest absolute Gasteiger partial charge is 0.117 e. The molecule has 0 aromatic carbocycles.